The lowest BCUT2D eigenvalue weighted by Crippen LogP contribution is -2.18. The second kappa shape index (κ2) is 3.96. The maximum Gasteiger partial charge on any atom is 0.168 e. The minimum Gasteiger partial charge on any atom is -0.296 e. The molecule has 0 N–H and O–H groups in total. The second-order valence-electron chi connectivity index (χ2n) is 3.16. The molecule has 0 unspecified atom stereocenters. The summed E-state index contributed by atoms with van der Waals surface area (Å²) in [6.45, 7) is 0. The predicted octanol–water partition coefficient (Wildman–Crippen LogP) is 1.76. The summed E-state index contributed by atoms with van der Waals surface area (Å²) in [4.78, 5) is 10.7. The van der Waals surface area contributed by atoms with Gasteiger partial charge in [-0.3, -0.25) is 9.48 Å². The molecule has 70 valence electrons. The van der Waals surface area contributed by atoms with Gasteiger partial charge in [-0.05, 0) is 30.4 Å². The molecule has 3 nitrogen and oxygen atoms in total. The molecule has 1 aliphatic heterocycles. The van der Waals surface area contributed by atoms with Gasteiger partial charge in [0.2, 0.25) is 0 Å². The van der Waals surface area contributed by atoms with Crippen LogP contribution in [-0.2, 0) is 0 Å². The molecular formula is C9H12N2OS. The third-order valence-electron chi connectivity index (χ3n) is 2.36. The molecule has 1 saturated heterocycles. The van der Waals surface area contributed by atoms with Crippen LogP contribution in [0.15, 0.2) is 12.3 Å². The Morgan fingerprint density at radius 3 is 3.00 bits per heavy atom. The molecule has 0 spiro atoms. The molecule has 0 amide bonds. The maximum absolute atomic E-state index is 10.7. The van der Waals surface area contributed by atoms with Crippen molar-refractivity contribution >= 4 is 18.0 Å². The zero-order chi connectivity index (χ0) is 9.10. The molecule has 1 aromatic heterocycles. The highest BCUT2D eigenvalue weighted by Gasteiger charge is 2.17. The first kappa shape index (κ1) is 8.81. The van der Waals surface area contributed by atoms with E-state index in [1.807, 2.05) is 16.4 Å². The number of carbonyl (C=O) groups is 1. The van der Waals surface area contributed by atoms with Gasteiger partial charge in [-0.1, -0.05) is 0 Å². The van der Waals surface area contributed by atoms with Gasteiger partial charge in [-0.25, -0.2) is 0 Å². The van der Waals surface area contributed by atoms with Gasteiger partial charge in [0.05, 0.1) is 6.04 Å². The van der Waals surface area contributed by atoms with Gasteiger partial charge in [0, 0.05) is 6.20 Å². The average Bonchev–Trinajstić information content (AvgIpc) is 2.67. The molecule has 1 fully saturated rings. The molecule has 2 rings (SSSR count). The first-order valence-electron chi connectivity index (χ1n) is 4.48. The van der Waals surface area contributed by atoms with Gasteiger partial charge < -0.3 is 0 Å². The van der Waals surface area contributed by atoms with E-state index >= 15 is 0 Å². The molecule has 13 heavy (non-hydrogen) atoms. The van der Waals surface area contributed by atoms with Gasteiger partial charge in [-0.15, -0.1) is 0 Å². The molecule has 2 heterocycles. The number of hydrogen-bond acceptors (Lipinski definition) is 3. The van der Waals surface area contributed by atoms with E-state index in [0.717, 1.165) is 19.1 Å². The fraction of sp³-hybridized carbons (Fsp3) is 0.556. The SMILES string of the molecule is O=Cc1ccnn1C1CCSCC1. The van der Waals surface area contributed by atoms with Crippen molar-refractivity contribution in [3.8, 4) is 0 Å². The van der Waals surface area contributed by atoms with Crippen molar-refractivity contribution in [1.82, 2.24) is 9.78 Å². The number of rotatable bonds is 2. The fourth-order valence-electron chi connectivity index (χ4n) is 1.65. The van der Waals surface area contributed by atoms with Crippen LogP contribution in [0.4, 0.5) is 0 Å². The van der Waals surface area contributed by atoms with Crippen LogP contribution in [0.1, 0.15) is 29.4 Å². The molecule has 0 radical (unpaired) electrons. The molecular weight excluding hydrogens is 184 g/mol. The minimum absolute atomic E-state index is 0.441. The van der Waals surface area contributed by atoms with E-state index in [-0.39, 0.29) is 0 Å². The third kappa shape index (κ3) is 1.77. The smallest absolute Gasteiger partial charge is 0.168 e. The van der Waals surface area contributed by atoms with Gasteiger partial charge >= 0.3 is 0 Å². The van der Waals surface area contributed by atoms with Crippen molar-refractivity contribution in [3.05, 3.63) is 18.0 Å². The van der Waals surface area contributed by atoms with Crippen LogP contribution in [0.3, 0.4) is 0 Å². The van der Waals surface area contributed by atoms with Crippen LogP contribution in [0.2, 0.25) is 0 Å². The number of aromatic nitrogens is 2. The quantitative estimate of drug-likeness (QED) is 0.676. The van der Waals surface area contributed by atoms with Crippen molar-refractivity contribution in [2.45, 2.75) is 18.9 Å². The highest BCUT2D eigenvalue weighted by Crippen LogP contribution is 2.26. The van der Waals surface area contributed by atoms with Crippen molar-refractivity contribution in [1.29, 1.82) is 0 Å². The van der Waals surface area contributed by atoms with Crippen LogP contribution in [0.5, 0.6) is 0 Å². The number of hydrogen-bond donors (Lipinski definition) is 0. The lowest BCUT2D eigenvalue weighted by molar-refractivity contribution is 0.111. The lowest BCUT2D eigenvalue weighted by atomic mass is 10.1. The van der Waals surface area contributed by atoms with Crippen LogP contribution < -0.4 is 0 Å². The molecule has 0 saturated carbocycles. The van der Waals surface area contributed by atoms with Gasteiger partial charge in [-0.2, -0.15) is 16.9 Å². The topological polar surface area (TPSA) is 34.9 Å². The van der Waals surface area contributed by atoms with Crippen LogP contribution in [0.25, 0.3) is 0 Å². The van der Waals surface area contributed by atoms with Gasteiger partial charge in [0.1, 0.15) is 5.69 Å². The van der Waals surface area contributed by atoms with Gasteiger partial charge in [0.15, 0.2) is 6.29 Å². The first-order valence-corrected chi connectivity index (χ1v) is 5.63. The highest BCUT2D eigenvalue weighted by atomic mass is 32.2. The molecule has 1 aromatic rings. The summed E-state index contributed by atoms with van der Waals surface area (Å²) in [6, 6.07) is 2.21. The van der Waals surface area contributed by atoms with E-state index in [1.54, 1.807) is 12.3 Å². The number of carbonyl (C=O) groups excluding carboxylic acids is 1. The third-order valence-corrected chi connectivity index (χ3v) is 3.41. The zero-order valence-electron chi connectivity index (χ0n) is 7.35. The van der Waals surface area contributed by atoms with Crippen molar-refractivity contribution < 1.29 is 4.79 Å². The Labute approximate surface area is 81.5 Å². The number of aldehydes is 1. The van der Waals surface area contributed by atoms with Crippen LogP contribution in [-0.4, -0.2) is 27.6 Å². The first-order chi connectivity index (χ1) is 6.42. The monoisotopic (exact) mass is 196 g/mol. The average molecular weight is 196 g/mol. The van der Waals surface area contributed by atoms with Crippen LogP contribution >= 0.6 is 11.8 Å². The Hall–Kier alpha value is -0.770. The fourth-order valence-corrected chi connectivity index (χ4v) is 2.73. The Bertz CT molecular complexity index is 292. The maximum atomic E-state index is 10.7. The summed E-state index contributed by atoms with van der Waals surface area (Å²) < 4.78 is 1.87. The Morgan fingerprint density at radius 1 is 1.54 bits per heavy atom. The predicted molar refractivity (Wildman–Crippen MR) is 53.2 cm³/mol. The highest BCUT2D eigenvalue weighted by molar-refractivity contribution is 7.99. The van der Waals surface area contributed by atoms with E-state index in [1.165, 1.54) is 11.5 Å². The molecule has 0 aliphatic carbocycles. The molecule has 1 aliphatic rings. The van der Waals surface area contributed by atoms with Crippen molar-refractivity contribution in [2.75, 3.05) is 11.5 Å². The zero-order valence-corrected chi connectivity index (χ0v) is 8.17. The standard InChI is InChI=1S/C9H12N2OS/c12-7-9-1-4-10-11(9)8-2-5-13-6-3-8/h1,4,7-8H,2-3,5-6H2. The van der Waals surface area contributed by atoms with E-state index in [4.69, 9.17) is 0 Å². The summed E-state index contributed by atoms with van der Waals surface area (Å²) >= 11 is 1.98. The summed E-state index contributed by atoms with van der Waals surface area (Å²) in [5, 5.41) is 4.19. The van der Waals surface area contributed by atoms with E-state index < -0.39 is 0 Å². The van der Waals surface area contributed by atoms with E-state index in [0.29, 0.717) is 11.7 Å². The lowest BCUT2D eigenvalue weighted by Gasteiger charge is -2.22. The number of thioether (sulfide) groups is 1. The summed E-state index contributed by atoms with van der Waals surface area (Å²) in [5.74, 6) is 2.37. The van der Waals surface area contributed by atoms with Gasteiger partial charge in [0.25, 0.3) is 0 Å². The summed E-state index contributed by atoms with van der Waals surface area (Å²) in [6.07, 6.45) is 4.85. The van der Waals surface area contributed by atoms with E-state index in [9.17, 15) is 4.79 Å². The van der Waals surface area contributed by atoms with E-state index in [2.05, 4.69) is 5.10 Å². The number of nitrogens with zero attached hydrogens (tertiary/aromatic N) is 2. The van der Waals surface area contributed by atoms with Crippen LogP contribution in [0, 0.1) is 0 Å². The minimum atomic E-state index is 0.441. The summed E-state index contributed by atoms with van der Waals surface area (Å²) in [7, 11) is 0. The van der Waals surface area contributed by atoms with Crippen molar-refractivity contribution in [3.63, 3.8) is 0 Å². The molecule has 0 aromatic carbocycles. The Kier molecular flexibility index (Phi) is 2.68. The summed E-state index contributed by atoms with van der Waals surface area (Å²) in [5.41, 5.74) is 0.705. The Balaban J connectivity index is 2.17. The van der Waals surface area contributed by atoms with Crippen molar-refractivity contribution in [2.24, 2.45) is 0 Å². The molecule has 0 atom stereocenters. The largest absolute Gasteiger partial charge is 0.296 e. The second-order valence-corrected chi connectivity index (χ2v) is 4.39. The normalized spacial score (nSPS) is 18.8. The molecule has 4 heteroatoms. The molecule has 0 bridgehead atoms. The Morgan fingerprint density at radius 2 is 2.31 bits per heavy atom.